The molecule has 1 aromatic rings. The number of benzene rings is 1. The summed E-state index contributed by atoms with van der Waals surface area (Å²) in [5.74, 6) is -1.93. The van der Waals surface area contributed by atoms with Gasteiger partial charge in [0, 0.05) is 19.0 Å². The highest BCUT2D eigenvalue weighted by atomic mass is 32.2. The van der Waals surface area contributed by atoms with E-state index in [0.29, 0.717) is 6.42 Å². The normalized spacial score (nSPS) is 25.4. The van der Waals surface area contributed by atoms with Crippen LogP contribution in [0.4, 0.5) is 0 Å². The fraction of sp³-hybridized carbons (Fsp3) is 0.550. The molecular weight excluding hydrogens is 396 g/mol. The van der Waals surface area contributed by atoms with Crippen molar-refractivity contribution in [3.8, 4) is 0 Å². The zero-order valence-corrected chi connectivity index (χ0v) is 17.4. The lowest BCUT2D eigenvalue weighted by Crippen LogP contribution is -2.43. The summed E-state index contributed by atoms with van der Waals surface area (Å²) in [6.07, 6.45) is -0.648. The first-order chi connectivity index (χ1) is 13.7. The number of esters is 1. The largest absolute Gasteiger partial charge is 0.452 e. The molecule has 1 aromatic carbocycles. The molecular formula is C20H26N2O6S. The average Bonchev–Trinajstić information content (AvgIpc) is 3.23. The molecule has 0 bridgehead atoms. The van der Waals surface area contributed by atoms with Crippen molar-refractivity contribution in [2.24, 2.45) is 5.92 Å². The average molecular weight is 423 g/mol. The van der Waals surface area contributed by atoms with Crippen molar-refractivity contribution < 1.29 is 27.5 Å². The number of hydrogen-bond acceptors (Lipinski definition) is 6. The second kappa shape index (κ2) is 8.52. The third-order valence-corrected chi connectivity index (χ3v) is 7.25. The molecule has 8 nitrogen and oxygen atoms in total. The van der Waals surface area contributed by atoms with E-state index in [9.17, 15) is 22.8 Å². The molecule has 0 spiro atoms. The minimum absolute atomic E-state index is 0.0468. The molecule has 0 aromatic heterocycles. The molecule has 2 heterocycles. The quantitative estimate of drug-likeness (QED) is 0.680. The number of amides is 2. The van der Waals surface area contributed by atoms with Crippen LogP contribution in [0.15, 0.2) is 30.3 Å². The van der Waals surface area contributed by atoms with Gasteiger partial charge in [-0.1, -0.05) is 30.3 Å². The van der Waals surface area contributed by atoms with E-state index in [1.54, 1.807) is 4.90 Å². The van der Waals surface area contributed by atoms with Gasteiger partial charge in [0.2, 0.25) is 5.91 Å². The first-order valence-corrected chi connectivity index (χ1v) is 11.5. The molecule has 2 fully saturated rings. The van der Waals surface area contributed by atoms with E-state index in [-0.39, 0.29) is 36.4 Å². The first-order valence-electron chi connectivity index (χ1n) is 9.72. The molecule has 2 aliphatic heterocycles. The Morgan fingerprint density at radius 3 is 2.52 bits per heavy atom. The number of likely N-dealkylation sites (tertiary alicyclic amines) is 1. The summed E-state index contributed by atoms with van der Waals surface area (Å²) in [6.45, 7) is 3.59. The van der Waals surface area contributed by atoms with Crippen LogP contribution in [-0.4, -0.2) is 61.3 Å². The van der Waals surface area contributed by atoms with Crippen molar-refractivity contribution in [3.05, 3.63) is 35.9 Å². The van der Waals surface area contributed by atoms with Crippen molar-refractivity contribution >= 4 is 27.6 Å². The highest BCUT2D eigenvalue weighted by Crippen LogP contribution is 2.29. The molecule has 2 amide bonds. The Labute approximate surface area is 170 Å². The summed E-state index contributed by atoms with van der Waals surface area (Å²) in [5.41, 5.74) is 0.981. The lowest BCUT2D eigenvalue weighted by Gasteiger charge is -2.25. The minimum Gasteiger partial charge on any atom is -0.452 e. The zero-order chi connectivity index (χ0) is 21.2. The van der Waals surface area contributed by atoms with Crippen LogP contribution in [-0.2, 0) is 29.0 Å². The van der Waals surface area contributed by atoms with Crippen LogP contribution in [0, 0.1) is 5.92 Å². The fourth-order valence-electron chi connectivity index (χ4n) is 3.73. The standard InChI is InChI=1S/C20H26N2O6S/c1-13(15-6-4-3-5-7-15)22-11-16(10-18(22)23)20(25)28-14(2)19(24)21-17-8-9-29(26,27)12-17/h3-7,13-14,16-17H,8-12H2,1-2H3,(H,21,24)/t13-,14-,16+,17+/m0/s1. The van der Waals surface area contributed by atoms with Crippen molar-refractivity contribution in [3.63, 3.8) is 0 Å². The van der Waals surface area contributed by atoms with Gasteiger partial charge in [-0.05, 0) is 25.8 Å². The molecule has 3 rings (SSSR count). The first kappa shape index (κ1) is 21.3. The van der Waals surface area contributed by atoms with E-state index >= 15 is 0 Å². The number of nitrogens with one attached hydrogen (secondary N) is 1. The molecule has 158 valence electrons. The lowest BCUT2D eigenvalue weighted by molar-refractivity contribution is -0.158. The molecule has 2 aliphatic rings. The van der Waals surface area contributed by atoms with Gasteiger partial charge in [-0.25, -0.2) is 8.42 Å². The Kier molecular flexibility index (Phi) is 6.26. The number of carbonyl (C=O) groups is 3. The third kappa shape index (κ3) is 5.14. The summed E-state index contributed by atoms with van der Waals surface area (Å²) in [4.78, 5) is 38.7. The van der Waals surface area contributed by atoms with E-state index in [1.807, 2.05) is 37.3 Å². The van der Waals surface area contributed by atoms with Crippen molar-refractivity contribution in [2.45, 2.75) is 44.9 Å². The molecule has 9 heteroatoms. The SMILES string of the molecule is C[C@H](OC(=O)[C@@H]1CC(=O)N([C@@H](C)c2ccccc2)C1)C(=O)N[C@@H]1CCS(=O)(=O)C1. The summed E-state index contributed by atoms with van der Waals surface area (Å²) in [7, 11) is -3.11. The van der Waals surface area contributed by atoms with Crippen LogP contribution in [0.3, 0.4) is 0 Å². The third-order valence-electron chi connectivity index (χ3n) is 5.48. The van der Waals surface area contributed by atoms with Gasteiger partial charge in [-0.3, -0.25) is 14.4 Å². The predicted molar refractivity (Wildman–Crippen MR) is 105 cm³/mol. The van der Waals surface area contributed by atoms with Gasteiger partial charge < -0.3 is 15.0 Å². The summed E-state index contributed by atoms with van der Waals surface area (Å²) in [6, 6.07) is 8.94. The van der Waals surface area contributed by atoms with Gasteiger partial charge in [0.15, 0.2) is 15.9 Å². The van der Waals surface area contributed by atoms with Gasteiger partial charge in [-0.15, -0.1) is 0 Å². The van der Waals surface area contributed by atoms with Gasteiger partial charge in [-0.2, -0.15) is 0 Å². The molecule has 29 heavy (non-hydrogen) atoms. The monoisotopic (exact) mass is 422 g/mol. The maximum atomic E-state index is 12.5. The van der Waals surface area contributed by atoms with Crippen molar-refractivity contribution in [1.29, 1.82) is 0 Å². The Bertz CT molecular complexity index is 885. The number of rotatable bonds is 6. The maximum absolute atomic E-state index is 12.5. The second-order valence-electron chi connectivity index (χ2n) is 7.72. The predicted octanol–water partition coefficient (Wildman–Crippen LogP) is 0.831. The highest BCUT2D eigenvalue weighted by molar-refractivity contribution is 7.91. The number of nitrogens with zero attached hydrogens (tertiary/aromatic N) is 1. The highest BCUT2D eigenvalue weighted by Gasteiger charge is 2.39. The lowest BCUT2D eigenvalue weighted by atomic mass is 10.1. The van der Waals surface area contributed by atoms with Crippen LogP contribution in [0.5, 0.6) is 0 Å². The van der Waals surface area contributed by atoms with Gasteiger partial charge in [0.25, 0.3) is 5.91 Å². The second-order valence-corrected chi connectivity index (χ2v) is 9.95. The Morgan fingerprint density at radius 1 is 1.21 bits per heavy atom. The van der Waals surface area contributed by atoms with E-state index in [2.05, 4.69) is 5.32 Å². The Morgan fingerprint density at radius 2 is 1.90 bits per heavy atom. The summed E-state index contributed by atoms with van der Waals surface area (Å²) >= 11 is 0. The summed E-state index contributed by atoms with van der Waals surface area (Å²) < 4.78 is 28.2. The molecule has 0 unspecified atom stereocenters. The van der Waals surface area contributed by atoms with Crippen LogP contribution < -0.4 is 5.32 Å². The molecule has 0 saturated carbocycles. The van der Waals surface area contributed by atoms with E-state index in [4.69, 9.17) is 4.74 Å². The van der Waals surface area contributed by atoms with Gasteiger partial charge >= 0.3 is 5.97 Å². The summed E-state index contributed by atoms with van der Waals surface area (Å²) in [5, 5.41) is 2.61. The van der Waals surface area contributed by atoms with Crippen LogP contribution in [0.2, 0.25) is 0 Å². The van der Waals surface area contributed by atoms with Crippen LogP contribution >= 0.6 is 0 Å². The maximum Gasteiger partial charge on any atom is 0.312 e. The Hall–Kier alpha value is -2.42. The van der Waals surface area contributed by atoms with E-state index in [0.717, 1.165) is 5.56 Å². The number of ether oxygens (including phenoxy) is 1. The van der Waals surface area contributed by atoms with Crippen molar-refractivity contribution in [1.82, 2.24) is 10.2 Å². The van der Waals surface area contributed by atoms with Crippen LogP contribution in [0.1, 0.15) is 38.3 Å². The van der Waals surface area contributed by atoms with E-state index in [1.165, 1.54) is 6.92 Å². The zero-order valence-electron chi connectivity index (χ0n) is 16.5. The molecule has 2 saturated heterocycles. The minimum atomic E-state index is -3.11. The molecule has 0 radical (unpaired) electrons. The van der Waals surface area contributed by atoms with E-state index < -0.39 is 39.8 Å². The number of sulfone groups is 1. The number of hydrogen-bond donors (Lipinski definition) is 1. The van der Waals surface area contributed by atoms with Crippen molar-refractivity contribution in [2.75, 3.05) is 18.1 Å². The number of carbonyl (C=O) groups excluding carboxylic acids is 3. The molecule has 4 atom stereocenters. The topological polar surface area (TPSA) is 110 Å². The Balaban J connectivity index is 1.53. The van der Waals surface area contributed by atoms with Gasteiger partial charge in [0.05, 0.1) is 23.5 Å². The van der Waals surface area contributed by atoms with Gasteiger partial charge in [0.1, 0.15) is 0 Å². The molecule has 1 N–H and O–H groups in total. The van der Waals surface area contributed by atoms with Crippen LogP contribution in [0.25, 0.3) is 0 Å². The fourth-order valence-corrected chi connectivity index (χ4v) is 5.40. The molecule has 0 aliphatic carbocycles. The smallest absolute Gasteiger partial charge is 0.312 e.